The summed E-state index contributed by atoms with van der Waals surface area (Å²) in [4.78, 5) is 17.1. The number of hydrogen-bond donors (Lipinski definition) is 2. The predicted octanol–water partition coefficient (Wildman–Crippen LogP) is 4.27. The molecule has 158 valence electrons. The van der Waals surface area contributed by atoms with Gasteiger partial charge in [0.1, 0.15) is 17.2 Å². The molecule has 1 aromatic heterocycles. The molecule has 0 aliphatic rings. The highest BCUT2D eigenvalue weighted by Crippen LogP contribution is 2.32. The number of carbonyl (C=O) groups excluding carboxylic acids is 1. The molecule has 10 heteroatoms. The van der Waals surface area contributed by atoms with E-state index in [0.717, 1.165) is 0 Å². The number of thioether (sulfide) groups is 1. The molecule has 2 aromatic carbocycles. The van der Waals surface area contributed by atoms with E-state index in [1.54, 1.807) is 64.7 Å². The third kappa shape index (κ3) is 5.17. The number of rotatable bonds is 8. The SMILES string of the molecule is COc1cc(NC(=O)C(C)Sc2n[nH]c(-c3cc(Cl)ccc3OC)n2)cc(OC)c1. The number of hydrogen-bond acceptors (Lipinski definition) is 7. The van der Waals surface area contributed by atoms with Crippen LogP contribution >= 0.6 is 23.4 Å². The minimum atomic E-state index is -0.452. The predicted molar refractivity (Wildman–Crippen MR) is 117 cm³/mol. The van der Waals surface area contributed by atoms with Crippen molar-refractivity contribution in [1.82, 2.24) is 15.2 Å². The number of halogens is 1. The van der Waals surface area contributed by atoms with Crippen LogP contribution in [0.15, 0.2) is 41.6 Å². The van der Waals surface area contributed by atoms with Crippen molar-refractivity contribution in [3.63, 3.8) is 0 Å². The maximum atomic E-state index is 12.6. The number of benzene rings is 2. The number of methoxy groups -OCH3 is 3. The van der Waals surface area contributed by atoms with Gasteiger partial charge >= 0.3 is 0 Å². The molecule has 0 saturated heterocycles. The molecule has 0 saturated carbocycles. The summed E-state index contributed by atoms with van der Waals surface area (Å²) < 4.78 is 15.8. The van der Waals surface area contributed by atoms with Crippen LogP contribution in [0.2, 0.25) is 5.02 Å². The molecule has 1 unspecified atom stereocenters. The molecule has 1 amide bonds. The molecule has 3 rings (SSSR count). The van der Waals surface area contributed by atoms with Gasteiger partial charge in [0.15, 0.2) is 5.82 Å². The standard InChI is InChI=1S/C20H21ClN4O4S/c1-11(19(26)22-13-8-14(27-2)10-15(9-13)28-3)30-20-23-18(24-25-20)16-7-12(21)5-6-17(16)29-4/h5-11H,1-4H3,(H,22,26)(H,23,24,25). The van der Waals surface area contributed by atoms with E-state index in [2.05, 4.69) is 20.5 Å². The highest BCUT2D eigenvalue weighted by atomic mass is 35.5. The summed E-state index contributed by atoms with van der Waals surface area (Å²) >= 11 is 7.31. The minimum absolute atomic E-state index is 0.206. The summed E-state index contributed by atoms with van der Waals surface area (Å²) in [5, 5.41) is 10.4. The van der Waals surface area contributed by atoms with Crippen molar-refractivity contribution in [3.05, 3.63) is 41.4 Å². The summed E-state index contributed by atoms with van der Waals surface area (Å²) in [6.45, 7) is 1.77. The minimum Gasteiger partial charge on any atom is -0.497 e. The Morgan fingerprint density at radius 2 is 1.80 bits per heavy atom. The molecule has 0 bridgehead atoms. The van der Waals surface area contributed by atoms with Gasteiger partial charge < -0.3 is 19.5 Å². The summed E-state index contributed by atoms with van der Waals surface area (Å²) in [7, 11) is 4.67. The Balaban J connectivity index is 1.70. The first-order chi connectivity index (χ1) is 14.4. The Labute approximate surface area is 183 Å². The zero-order chi connectivity index (χ0) is 21.7. The number of H-pyrrole nitrogens is 1. The number of aromatic amines is 1. The molecular formula is C20H21ClN4O4S. The number of nitrogens with one attached hydrogen (secondary N) is 2. The van der Waals surface area contributed by atoms with E-state index in [1.165, 1.54) is 11.8 Å². The summed E-state index contributed by atoms with van der Waals surface area (Å²) in [6.07, 6.45) is 0. The molecular weight excluding hydrogens is 428 g/mol. The molecule has 0 aliphatic heterocycles. The first-order valence-electron chi connectivity index (χ1n) is 8.90. The van der Waals surface area contributed by atoms with Gasteiger partial charge in [-0.2, -0.15) is 0 Å². The summed E-state index contributed by atoms with van der Waals surface area (Å²) in [6, 6.07) is 10.4. The van der Waals surface area contributed by atoms with Crippen molar-refractivity contribution in [2.45, 2.75) is 17.3 Å². The number of nitrogens with zero attached hydrogens (tertiary/aromatic N) is 2. The molecule has 0 spiro atoms. The smallest absolute Gasteiger partial charge is 0.237 e. The average molecular weight is 449 g/mol. The lowest BCUT2D eigenvalue weighted by Gasteiger charge is -2.12. The highest BCUT2D eigenvalue weighted by molar-refractivity contribution is 8.00. The second-order valence-electron chi connectivity index (χ2n) is 6.16. The van der Waals surface area contributed by atoms with Gasteiger partial charge in [-0.3, -0.25) is 9.89 Å². The molecule has 0 aliphatic carbocycles. The number of amides is 1. The van der Waals surface area contributed by atoms with Gasteiger partial charge in [0.05, 0.1) is 32.1 Å². The van der Waals surface area contributed by atoms with Crippen LogP contribution in [0.3, 0.4) is 0 Å². The largest absolute Gasteiger partial charge is 0.497 e. The summed E-state index contributed by atoms with van der Waals surface area (Å²) in [5.74, 6) is 2.08. The molecule has 0 fully saturated rings. The highest BCUT2D eigenvalue weighted by Gasteiger charge is 2.19. The molecule has 1 heterocycles. The van der Waals surface area contributed by atoms with Crippen LogP contribution in [0.5, 0.6) is 17.2 Å². The van der Waals surface area contributed by atoms with E-state index in [9.17, 15) is 4.79 Å². The molecule has 2 N–H and O–H groups in total. The number of anilines is 1. The van der Waals surface area contributed by atoms with Crippen LogP contribution in [-0.2, 0) is 4.79 Å². The van der Waals surface area contributed by atoms with Crippen molar-refractivity contribution in [2.24, 2.45) is 0 Å². The molecule has 3 aromatic rings. The molecule has 30 heavy (non-hydrogen) atoms. The van der Waals surface area contributed by atoms with Crippen LogP contribution in [0.1, 0.15) is 6.92 Å². The van der Waals surface area contributed by atoms with Crippen LogP contribution in [0, 0.1) is 0 Å². The third-order valence-corrected chi connectivity index (χ3v) is 5.35. The topological polar surface area (TPSA) is 98.4 Å². The Bertz CT molecular complexity index is 1020. The van der Waals surface area contributed by atoms with Crippen LogP contribution in [0.4, 0.5) is 5.69 Å². The Kier molecular flexibility index (Phi) is 7.07. The van der Waals surface area contributed by atoms with Crippen LogP contribution in [-0.4, -0.2) is 47.7 Å². The van der Waals surface area contributed by atoms with Crippen molar-refractivity contribution in [1.29, 1.82) is 0 Å². The van der Waals surface area contributed by atoms with Crippen molar-refractivity contribution >= 4 is 35.0 Å². The quantitative estimate of drug-likeness (QED) is 0.496. The van der Waals surface area contributed by atoms with Crippen molar-refractivity contribution in [2.75, 3.05) is 26.6 Å². The normalized spacial score (nSPS) is 11.6. The van der Waals surface area contributed by atoms with Gasteiger partial charge in [-0.25, -0.2) is 4.98 Å². The molecule has 1 atom stereocenters. The monoisotopic (exact) mass is 448 g/mol. The summed E-state index contributed by atoms with van der Waals surface area (Å²) in [5.41, 5.74) is 1.26. The van der Waals surface area contributed by atoms with Gasteiger partial charge in [0.2, 0.25) is 11.1 Å². The van der Waals surface area contributed by atoms with Gasteiger partial charge in [0, 0.05) is 28.9 Å². The van der Waals surface area contributed by atoms with Gasteiger partial charge in [-0.1, -0.05) is 23.4 Å². The first-order valence-corrected chi connectivity index (χ1v) is 10.2. The Morgan fingerprint density at radius 1 is 1.10 bits per heavy atom. The Hall–Kier alpha value is -2.91. The van der Waals surface area contributed by atoms with Gasteiger partial charge in [0.25, 0.3) is 0 Å². The second-order valence-corrected chi connectivity index (χ2v) is 7.91. The average Bonchev–Trinajstić information content (AvgIpc) is 3.21. The van der Waals surface area contributed by atoms with E-state index < -0.39 is 5.25 Å². The first kappa shape index (κ1) is 21.8. The Morgan fingerprint density at radius 3 is 2.43 bits per heavy atom. The maximum absolute atomic E-state index is 12.6. The number of carbonyl (C=O) groups is 1. The van der Waals surface area contributed by atoms with E-state index in [1.807, 2.05) is 0 Å². The lowest BCUT2D eigenvalue weighted by atomic mass is 10.2. The fourth-order valence-corrected chi connectivity index (χ4v) is 3.52. The fraction of sp³-hybridized carbons (Fsp3) is 0.250. The van der Waals surface area contributed by atoms with Gasteiger partial charge in [-0.05, 0) is 25.1 Å². The second kappa shape index (κ2) is 9.73. The lowest BCUT2D eigenvalue weighted by molar-refractivity contribution is -0.115. The van der Waals surface area contributed by atoms with E-state index in [-0.39, 0.29) is 5.91 Å². The fourth-order valence-electron chi connectivity index (χ4n) is 2.62. The van der Waals surface area contributed by atoms with Gasteiger partial charge in [-0.15, -0.1) is 5.10 Å². The van der Waals surface area contributed by atoms with Crippen molar-refractivity contribution in [3.8, 4) is 28.6 Å². The van der Waals surface area contributed by atoms with E-state index >= 15 is 0 Å². The lowest BCUT2D eigenvalue weighted by Crippen LogP contribution is -2.22. The van der Waals surface area contributed by atoms with Crippen LogP contribution in [0.25, 0.3) is 11.4 Å². The number of aromatic nitrogens is 3. The molecule has 0 radical (unpaired) electrons. The van der Waals surface area contributed by atoms with E-state index in [0.29, 0.717) is 44.5 Å². The molecule has 8 nitrogen and oxygen atoms in total. The zero-order valence-electron chi connectivity index (χ0n) is 16.9. The maximum Gasteiger partial charge on any atom is 0.237 e. The number of ether oxygens (including phenoxy) is 3. The van der Waals surface area contributed by atoms with Crippen LogP contribution < -0.4 is 19.5 Å². The zero-order valence-corrected chi connectivity index (χ0v) is 18.4. The van der Waals surface area contributed by atoms with E-state index in [4.69, 9.17) is 25.8 Å². The third-order valence-electron chi connectivity index (χ3n) is 4.15. The van der Waals surface area contributed by atoms with Crippen molar-refractivity contribution < 1.29 is 19.0 Å².